The minimum Gasteiger partial charge on any atom is -0.479 e. The summed E-state index contributed by atoms with van der Waals surface area (Å²) in [7, 11) is 0. The Hall–Kier alpha value is 0.340. The van der Waals surface area contributed by atoms with E-state index in [-0.39, 0.29) is 11.8 Å². The van der Waals surface area contributed by atoms with Crippen LogP contribution in [0.25, 0.3) is 0 Å². The van der Waals surface area contributed by atoms with Gasteiger partial charge < -0.3 is 5.11 Å². The number of rotatable bonds is 4. The minimum atomic E-state index is -1.75. The Bertz CT molecular complexity index is 147. The Balaban J connectivity index is 4.01. The molecule has 0 heterocycles. The van der Waals surface area contributed by atoms with Crippen LogP contribution < -0.4 is 0 Å². The number of hydrogen-bond donors (Lipinski definition) is 1. The first-order valence-corrected chi connectivity index (χ1v) is 4.34. The number of aliphatic carboxylic acids is 1. The van der Waals surface area contributed by atoms with E-state index >= 15 is 0 Å². The van der Waals surface area contributed by atoms with Crippen LogP contribution in [-0.4, -0.2) is 20.8 Å². The minimum absolute atomic E-state index is 0.0590. The Morgan fingerprint density at radius 2 is 2.09 bits per heavy atom. The van der Waals surface area contributed by atoms with Crippen molar-refractivity contribution in [2.75, 3.05) is 0 Å². The molecule has 0 amide bonds. The van der Waals surface area contributed by atoms with Crippen LogP contribution in [0.4, 0.5) is 0 Å². The van der Waals surface area contributed by atoms with Gasteiger partial charge in [-0.3, -0.25) is 0 Å². The smallest absolute Gasteiger partial charge is 0.340 e. The highest BCUT2D eigenvalue weighted by atomic mass is 35.5. The lowest BCUT2D eigenvalue weighted by atomic mass is 10.2. The molecule has 1 atom stereocenters. The summed E-state index contributed by atoms with van der Waals surface area (Å²) in [4.78, 5) is 10.3. The van der Waals surface area contributed by atoms with E-state index in [0.717, 1.165) is 0 Å². The number of carbonyl (C=O) groups is 1. The summed E-state index contributed by atoms with van der Waals surface area (Å²) in [5, 5.41) is 8.17. The third kappa shape index (κ3) is 4.04. The highest BCUT2D eigenvalue weighted by molar-refractivity contribution is 6.57. The fraction of sp³-hybridized carbons (Fsp3) is 0.833. The van der Waals surface area contributed by atoms with Crippen LogP contribution >= 0.6 is 34.8 Å². The van der Waals surface area contributed by atoms with Crippen LogP contribution in [0.1, 0.15) is 19.8 Å². The van der Waals surface area contributed by atoms with Crippen molar-refractivity contribution in [1.29, 1.82) is 0 Å². The summed E-state index contributed by atoms with van der Waals surface area (Å²) in [6.45, 7) is 1.84. The van der Waals surface area contributed by atoms with Crippen molar-refractivity contribution in [2.45, 2.75) is 29.5 Å². The fourth-order valence-corrected chi connectivity index (χ4v) is 1.27. The topological polar surface area (TPSA) is 37.3 Å². The quantitative estimate of drug-likeness (QED) is 0.738. The maximum absolute atomic E-state index is 10.3. The SMILES string of the molecule is CCC(Cl)CC(Cl)(Cl)C(=O)O. The molecule has 0 radical (unpaired) electrons. The molecule has 0 rings (SSSR count). The maximum Gasteiger partial charge on any atom is 0.340 e. The normalized spacial score (nSPS) is 14.5. The van der Waals surface area contributed by atoms with Gasteiger partial charge in [0.05, 0.1) is 0 Å². The van der Waals surface area contributed by atoms with Gasteiger partial charge in [0, 0.05) is 11.8 Å². The van der Waals surface area contributed by atoms with E-state index < -0.39 is 10.3 Å². The first kappa shape index (κ1) is 11.3. The van der Waals surface area contributed by atoms with E-state index in [4.69, 9.17) is 39.9 Å². The van der Waals surface area contributed by atoms with Gasteiger partial charge in [-0.25, -0.2) is 4.79 Å². The lowest BCUT2D eigenvalue weighted by Crippen LogP contribution is -2.28. The molecular weight excluding hydrogens is 210 g/mol. The second-order valence-electron chi connectivity index (χ2n) is 2.22. The first-order chi connectivity index (χ1) is 4.90. The molecule has 11 heavy (non-hydrogen) atoms. The zero-order chi connectivity index (χ0) is 9.07. The average molecular weight is 219 g/mol. The molecule has 0 aliphatic rings. The average Bonchev–Trinajstić information content (AvgIpc) is 1.86. The van der Waals surface area contributed by atoms with Gasteiger partial charge in [-0.05, 0) is 6.42 Å². The Morgan fingerprint density at radius 1 is 1.64 bits per heavy atom. The van der Waals surface area contributed by atoms with Gasteiger partial charge in [0.1, 0.15) is 0 Å². The van der Waals surface area contributed by atoms with Gasteiger partial charge in [0.15, 0.2) is 0 Å². The molecule has 0 spiro atoms. The Kier molecular flexibility index (Phi) is 4.52. The van der Waals surface area contributed by atoms with Crippen LogP contribution in [-0.2, 0) is 4.79 Å². The Labute approximate surface area is 80.4 Å². The standard InChI is InChI=1S/C6H9Cl3O2/c1-2-4(7)3-6(8,9)5(10)11/h4H,2-3H2,1H3,(H,10,11). The van der Waals surface area contributed by atoms with Gasteiger partial charge in [0.2, 0.25) is 4.33 Å². The molecule has 0 saturated carbocycles. The van der Waals surface area contributed by atoms with Crippen molar-refractivity contribution in [3.63, 3.8) is 0 Å². The predicted octanol–water partition coefficient (Wildman–Crippen LogP) is 2.65. The van der Waals surface area contributed by atoms with Crippen molar-refractivity contribution in [1.82, 2.24) is 0 Å². The molecule has 0 aromatic carbocycles. The third-order valence-electron chi connectivity index (χ3n) is 1.23. The number of halogens is 3. The fourth-order valence-electron chi connectivity index (χ4n) is 0.510. The number of alkyl halides is 3. The van der Waals surface area contributed by atoms with Gasteiger partial charge in [-0.15, -0.1) is 11.6 Å². The van der Waals surface area contributed by atoms with Crippen LogP contribution in [0.15, 0.2) is 0 Å². The zero-order valence-corrected chi connectivity index (χ0v) is 8.25. The molecule has 5 heteroatoms. The van der Waals surface area contributed by atoms with E-state index in [1.807, 2.05) is 6.92 Å². The molecule has 0 bridgehead atoms. The summed E-state index contributed by atoms with van der Waals surface area (Å²) in [5.74, 6) is -1.25. The summed E-state index contributed by atoms with van der Waals surface area (Å²) in [6.07, 6.45) is 0.708. The van der Waals surface area contributed by atoms with Crippen molar-refractivity contribution < 1.29 is 9.90 Å². The highest BCUT2D eigenvalue weighted by Crippen LogP contribution is 2.29. The van der Waals surface area contributed by atoms with Gasteiger partial charge in [-0.1, -0.05) is 30.1 Å². The summed E-state index contributed by atoms with van der Waals surface area (Å²) in [6, 6.07) is 0. The second-order valence-corrected chi connectivity index (χ2v) is 4.32. The zero-order valence-electron chi connectivity index (χ0n) is 5.98. The lowest BCUT2D eigenvalue weighted by Gasteiger charge is -2.16. The first-order valence-electron chi connectivity index (χ1n) is 3.15. The number of carboxylic acid groups (broad SMARTS) is 1. The van der Waals surface area contributed by atoms with E-state index in [9.17, 15) is 4.79 Å². The second kappa shape index (κ2) is 4.39. The lowest BCUT2D eigenvalue weighted by molar-refractivity contribution is -0.137. The van der Waals surface area contributed by atoms with Crippen LogP contribution in [0, 0.1) is 0 Å². The molecule has 66 valence electrons. The van der Waals surface area contributed by atoms with E-state index in [0.29, 0.717) is 6.42 Å². The molecule has 0 aromatic rings. The largest absolute Gasteiger partial charge is 0.479 e. The Morgan fingerprint density at radius 3 is 2.36 bits per heavy atom. The van der Waals surface area contributed by atoms with Gasteiger partial charge in [0.25, 0.3) is 0 Å². The molecular formula is C6H9Cl3O2. The van der Waals surface area contributed by atoms with Gasteiger partial charge in [-0.2, -0.15) is 0 Å². The van der Waals surface area contributed by atoms with Crippen molar-refractivity contribution in [3.8, 4) is 0 Å². The predicted molar refractivity (Wildman–Crippen MR) is 46.6 cm³/mol. The third-order valence-corrected chi connectivity index (χ3v) is 2.33. The van der Waals surface area contributed by atoms with Gasteiger partial charge >= 0.3 is 5.97 Å². The molecule has 1 unspecified atom stereocenters. The van der Waals surface area contributed by atoms with E-state index in [1.165, 1.54) is 0 Å². The molecule has 0 aliphatic carbocycles. The van der Waals surface area contributed by atoms with Crippen molar-refractivity contribution in [2.24, 2.45) is 0 Å². The van der Waals surface area contributed by atoms with E-state index in [2.05, 4.69) is 0 Å². The summed E-state index contributed by atoms with van der Waals surface area (Å²) >= 11 is 16.5. The highest BCUT2D eigenvalue weighted by Gasteiger charge is 2.35. The van der Waals surface area contributed by atoms with E-state index in [1.54, 1.807) is 0 Å². The molecule has 0 fully saturated rings. The molecule has 0 aliphatic heterocycles. The molecule has 0 aromatic heterocycles. The summed E-state index contributed by atoms with van der Waals surface area (Å²) < 4.78 is -1.75. The van der Waals surface area contributed by atoms with Crippen LogP contribution in [0.5, 0.6) is 0 Å². The van der Waals surface area contributed by atoms with Crippen molar-refractivity contribution in [3.05, 3.63) is 0 Å². The monoisotopic (exact) mass is 218 g/mol. The van der Waals surface area contributed by atoms with Crippen LogP contribution in [0.3, 0.4) is 0 Å². The number of carboxylic acids is 1. The molecule has 2 nitrogen and oxygen atoms in total. The maximum atomic E-state index is 10.3. The van der Waals surface area contributed by atoms with Crippen LogP contribution in [0.2, 0.25) is 0 Å². The van der Waals surface area contributed by atoms with Crippen molar-refractivity contribution >= 4 is 40.8 Å². The molecule has 1 N–H and O–H groups in total. The summed E-state index contributed by atoms with van der Waals surface area (Å²) in [5.41, 5.74) is 0. The number of hydrogen-bond acceptors (Lipinski definition) is 1. The molecule has 0 saturated heterocycles.